The molecule has 244 valence electrons. The molecular weight excluding hydrogens is 633 g/mol. The van der Waals surface area contributed by atoms with Crippen LogP contribution in [-0.2, 0) is 36.6 Å². The fourth-order valence-electron chi connectivity index (χ4n) is 4.97. The van der Waals surface area contributed by atoms with E-state index in [1.54, 1.807) is 35.3 Å². The maximum Gasteiger partial charge on any atom is 0.419 e. The van der Waals surface area contributed by atoms with Gasteiger partial charge in [0.2, 0.25) is 0 Å². The van der Waals surface area contributed by atoms with Crippen molar-refractivity contribution >= 4 is 64.3 Å². The molecule has 0 fully saturated rings. The van der Waals surface area contributed by atoms with Gasteiger partial charge in [-0.25, -0.2) is 9.69 Å². The van der Waals surface area contributed by atoms with E-state index in [-0.39, 0.29) is 18.4 Å². The summed E-state index contributed by atoms with van der Waals surface area (Å²) in [5, 5.41) is 3.41. The zero-order valence-corrected chi connectivity index (χ0v) is 28.8. The molecule has 0 bridgehead atoms. The Morgan fingerprint density at radius 2 is 1.19 bits per heavy atom. The monoisotopic (exact) mass is 670 g/mol. The first-order valence-electron chi connectivity index (χ1n) is 15.5. The molecule has 0 radical (unpaired) electrons. The summed E-state index contributed by atoms with van der Waals surface area (Å²) < 4.78 is 15.7. The summed E-state index contributed by atoms with van der Waals surface area (Å²) in [6.07, 6.45) is 0.0369. The normalized spacial score (nSPS) is 12.5. The van der Waals surface area contributed by atoms with E-state index in [4.69, 9.17) is 14.2 Å². The van der Waals surface area contributed by atoms with Crippen LogP contribution in [0.4, 0.5) is 27.5 Å². The zero-order valence-electron chi connectivity index (χ0n) is 27.1. The number of benzene rings is 4. The largest absolute Gasteiger partial charge is 0.466 e. The molecule has 0 saturated heterocycles. The van der Waals surface area contributed by atoms with Gasteiger partial charge in [0.15, 0.2) is 0 Å². The minimum Gasteiger partial charge on any atom is -0.466 e. The number of amides is 1. The molecule has 8 nitrogen and oxygen atoms in total. The second kappa shape index (κ2) is 15.0. The van der Waals surface area contributed by atoms with Crippen LogP contribution in [0, 0.1) is 0 Å². The summed E-state index contributed by atoms with van der Waals surface area (Å²) >= 11 is 3.34. The van der Waals surface area contributed by atoms with E-state index in [0.717, 1.165) is 43.7 Å². The molecule has 2 aliphatic rings. The van der Waals surface area contributed by atoms with Gasteiger partial charge in [-0.2, -0.15) is 0 Å². The predicted octanol–water partition coefficient (Wildman–Crippen LogP) is 9.33. The molecule has 4 aromatic rings. The van der Waals surface area contributed by atoms with Gasteiger partial charge in [-0.3, -0.25) is 9.59 Å². The third kappa shape index (κ3) is 8.69. The Morgan fingerprint density at radius 1 is 0.660 bits per heavy atom. The molecule has 1 N–H and O–H groups in total. The van der Waals surface area contributed by atoms with Crippen LogP contribution in [0.2, 0.25) is 0 Å². The van der Waals surface area contributed by atoms with Crippen molar-refractivity contribution in [3.8, 4) is 0 Å². The van der Waals surface area contributed by atoms with Gasteiger partial charge in [0.05, 0.1) is 48.8 Å². The molecule has 0 unspecified atom stereocenters. The van der Waals surface area contributed by atoms with Gasteiger partial charge in [0.1, 0.15) is 5.60 Å². The van der Waals surface area contributed by atoms with Crippen molar-refractivity contribution in [2.24, 2.45) is 0 Å². The van der Waals surface area contributed by atoms with Gasteiger partial charge >= 0.3 is 18.0 Å². The first-order chi connectivity index (χ1) is 22.5. The number of fused-ring (bicyclic) bond motifs is 4. The number of hydrogen-bond acceptors (Lipinski definition) is 9. The molecule has 6 rings (SSSR count). The first kappa shape index (κ1) is 33.9. The van der Waals surface area contributed by atoms with E-state index in [2.05, 4.69) is 23.5 Å². The second-order valence-corrected chi connectivity index (χ2v) is 13.9. The minimum atomic E-state index is -0.612. The summed E-state index contributed by atoms with van der Waals surface area (Å²) in [6.45, 7) is 9.89. The Labute approximate surface area is 284 Å². The van der Waals surface area contributed by atoms with Crippen LogP contribution in [0.5, 0.6) is 0 Å². The first-order valence-corrected chi connectivity index (χ1v) is 17.1. The third-order valence-electron chi connectivity index (χ3n) is 6.89. The lowest BCUT2D eigenvalue weighted by Crippen LogP contribution is -2.35. The average Bonchev–Trinajstić information content (AvgIpc) is 3.02. The van der Waals surface area contributed by atoms with Gasteiger partial charge in [0, 0.05) is 19.6 Å². The molecule has 0 atom stereocenters. The third-order valence-corrected chi connectivity index (χ3v) is 9.18. The van der Waals surface area contributed by atoms with Gasteiger partial charge in [-0.15, -0.1) is 0 Å². The number of nitrogens with one attached hydrogen (secondary N) is 1. The summed E-state index contributed by atoms with van der Waals surface area (Å²) in [5.41, 5.74) is 4.80. The number of hydrogen-bond donors (Lipinski definition) is 1. The van der Waals surface area contributed by atoms with Crippen molar-refractivity contribution in [1.29, 1.82) is 0 Å². The fourth-order valence-corrected chi connectivity index (χ4v) is 6.98. The van der Waals surface area contributed by atoms with E-state index in [0.29, 0.717) is 19.6 Å². The Bertz CT molecular complexity index is 1790. The van der Waals surface area contributed by atoms with Crippen molar-refractivity contribution in [3.05, 3.63) is 96.1 Å². The van der Waals surface area contributed by atoms with Crippen molar-refractivity contribution in [2.45, 2.75) is 72.6 Å². The summed E-state index contributed by atoms with van der Waals surface area (Å²) in [5.74, 6) is -0.471. The van der Waals surface area contributed by atoms with Crippen LogP contribution < -0.4 is 10.2 Å². The number of ether oxygens (including phenoxy) is 3. The molecule has 2 aliphatic heterocycles. The van der Waals surface area contributed by atoms with E-state index < -0.39 is 11.7 Å². The molecule has 0 aliphatic carbocycles. The molecular formula is C37H38N2O6S2. The lowest BCUT2D eigenvalue weighted by atomic mass is 10.1. The number of esters is 2. The number of para-hydroxylation sites is 2. The van der Waals surface area contributed by atoms with Crippen LogP contribution in [0.1, 0.15) is 45.7 Å². The Kier molecular flexibility index (Phi) is 10.8. The molecule has 0 spiro atoms. The highest BCUT2D eigenvalue weighted by molar-refractivity contribution is 8.00. The standard InChI is InChI=1S/C21H23NO4S.C16H15NO2S/c1-5-25-19(23)13-14-10-11-18-16(12-14)22(20(24)26-21(2,3)4)15-8-6-7-9-17(15)27-18;1-2-19-16(18)10-11-7-8-15-13(9-11)17-12-5-3-4-6-14(12)20-15/h6-12H,5,13H2,1-4H3;3-9,17H,2,10H2,1H3. The van der Waals surface area contributed by atoms with Crippen molar-refractivity contribution < 1.29 is 28.6 Å². The lowest BCUT2D eigenvalue weighted by Gasteiger charge is -2.33. The molecule has 1 amide bonds. The molecule has 47 heavy (non-hydrogen) atoms. The Hall–Kier alpha value is -4.41. The van der Waals surface area contributed by atoms with Crippen molar-refractivity contribution in [3.63, 3.8) is 0 Å². The molecule has 10 heteroatoms. The average molecular weight is 671 g/mol. The maximum absolute atomic E-state index is 13.0. The highest BCUT2D eigenvalue weighted by Crippen LogP contribution is 2.49. The second-order valence-electron chi connectivity index (χ2n) is 11.7. The highest BCUT2D eigenvalue weighted by Gasteiger charge is 2.32. The Balaban J connectivity index is 0.000000193. The van der Waals surface area contributed by atoms with Crippen LogP contribution in [0.15, 0.2) is 105 Å². The number of anilines is 4. The summed E-state index contributed by atoms with van der Waals surface area (Å²) in [6, 6.07) is 27.7. The SMILES string of the molecule is CCOC(=O)Cc1ccc2c(c1)N(C(=O)OC(C)(C)C)c1ccccc1S2.CCOC(=O)Cc1ccc2c(c1)Nc1ccccc1S2. The van der Waals surface area contributed by atoms with Gasteiger partial charge in [-0.05, 0) is 94.3 Å². The van der Waals surface area contributed by atoms with Crippen LogP contribution in [-0.4, -0.2) is 36.8 Å². The van der Waals surface area contributed by atoms with Gasteiger partial charge in [0.25, 0.3) is 0 Å². The number of carbonyl (C=O) groups excluding carboxylic acids is 3. The summed E-state index contributed by atoms with van der Waals surface area (Å²) in [4.78, 5) is 42.3. The zero-order chi connectivity index (χ0) is 33.6. The van der Waals surface area contributed by atoms with E-state index in [1.807, 2.05) is 94.4 Å². The maximum atomic E-state index is 13.0. The van der Waals surface area contributed by atoms with Crippen LogP contribution in [0.25, 0.3) is 0 Å². The predicted molar refractivity (Wildman–Crippen MR) is 186 cm³/mol. The molecule has 2 heterocycles. The highest BCUT2D eigenvalue weighted by atomic mass is 32.2. The number of nitrogens with zero attached hydrogens (tertiary/aromatic N) is 1. The smallest absolute Gasteiger partial charge is 0.419 e. The van der Waals surface area contributed by atoms with Crippen LogP contribution >= 0.6 is 23.5 Å². The van der Waals surface area contributed by atoms with Crippen molar-refractivity contribution in [2.75, 3.05) is 23.4 Å². The van der Waals surface area contributed by atoms with Gasteiger partial charge < -0.3 is 19.5 Å². The van der Waals surface area contributed by atoms with E-state index in [9.17, 15) is 14.4 Å². The van der Waals surface area contributed by atoms with Gasteiger partial charge in [-0.1, -0.05) is 59.9 Å². The van der Waals surface area contributed by atoms with E-state index in [1.165, 1.54) is 9.79 Å². The summed E-state index contributed by atoms with van der Waals surface area (Å²) in [7, 11) is 0. The molecule has 0 saturated carbocycles. The number of carbonyl (C=O) groups is 3. The topological polar surface area (TPSA) is 94.2 Å². The van der Waals surface area contributed by atoms with E-state index >= 15 is 0 Å². The number of rotatable bonds is 6. The minimum absolute atomic E-state index is 0.162. The Morgan fingerprint density at radius 3 is 1.85 bits per heavy atom. The lowest BCUT2D eigenvalue weighted by molar-refractivity contribution is -0.143. The van der Waals surface area contributed by atoms with Crippen LogP contribution in [0.3, 0.4) is 0 Å². The molecule has 0 aromatic heterocycles. The quantitative estimate of drug-likeness (QED) is 0.140. The molecule has 4 aromatic carbocycles. The fraction of sp³-hybridized carbons (Fsp3) is 0.270. The van der Waals surface area contributed by atoms with Crippen molar-refractivity contribution in [1.82, 2.24) is 0 Å².